The molecule has 5 heteroatoms. The van der Waals surface area contributed by atoms with Crippen LogP contribution >= 0.6 is 12.6 Å². The molecule has 86 valence electrons. The van der Waals surface area contributed by atoms with Gasteiger partial charge < -0.3 is 14.2 Å². The fourth-order valence-corrected chi connectivity index (χ4v) is 4.04. The average molecular weight is 230 g/mol. The highest BCUT2D eigenvalue weighted by molar-refractivity contribution is 7.81. The topological polar surface area (TPSA) is 27.7 Å². The summed E-state index contributed by atoms with van der Waals surface area (Å²) in [7, 11) is 5.55. The summed E-state index contributed by atoms with van der Waals surface area (Å²) in [6, 6.07) is 0.259. The average Bonchev–Trinajstić information content (AvgIpc) is 2.35. The predicted octanol–water partition coefficient (Wildman–Crippen LogP) is 0.289. The highest BCUT2D eigenvalue weighted by Crippen LogP contribution is 2.61. The van der Waals surface area contributed by atoms with Gasteiger partial charge in [0.05, 0.1) is 6.61 Å². The third kappa shape index (κ3) is 1.47. The van der Waals surface area contributed by atoms with Gasteiger partial charge in [-0.15, -0.1) is 12.6 Å². The molecule has 0 radical (unpaired) electrons. The Bertz CT molecular complexity index is 265. The first kappa shape index (κ1) is 11.8. The van der Waals surface area contributed by atoms with Crippen LogP contribution in [0.15, 0.2) is 0 Å². The number of hydrogen-bond donors (Lipinski definition) is 1. The first-order chi connectivity index (χ1) is 6.99. The van der Waals surface area contributed by atoms with Crippen LogP contribution in [0.5, 0.6) is 0 Å². The summed E-state index contributed by atoms with van der Waals surface area (Å²) in [6.07, 6.45) is 0.812. The third-order valence-corrected chi connectivity index (χ3v) is 4.65. The number of fused-ring (bicyclic) bond motifs is 1. The lowest BCUT2D eigenvalue weighted by atomic mass is 9.61. The van der Waals surface area contributed by atoms with Crippen molar-refractivity contribution in [2.75, 3.05) is 20.8 Å². The summed E-state index contributed by atoms with van der Waals surface area (Å²) >= 11 is 4.64. The summed E-state index contributed by atoms with van der Waals surface area (Å²) in [5.74, 6) is 0.791. The minimum atomic E-state index is -0.331. The van der Waals surface area contributed by atoms with Gasteiger partial charge in [0.15, 0.2) is 0 Å². The zero-order valence-corrected chi connectivity index (χ0v) is 10.7. The normalized spacial score (nSPS) is 53.7. The summed E-state index contributed by atoms with van der Waals surface area (Å²) in [5.41, 5.74) is -0.161. The predicted molar refractivity (Wildman–Crippen MR) is 64.0 cm³/mol. The molecule has 1 saturated heterocycles. The molecule has 1 saturated carbocycles. The Labute approximate surface area is 97.7 Å². The Morgan fingerprint density at radius 1 is 1.53 bits per heavy atom. The van der Waals surface area contributed by atoms with Crippen molar-refractivity contribution < 1.29 is 14.2 Å². The minimum Gasteiger partial charge on any atom is -0.382 e. The third-order valence-electron chi connectivity index (χ3n) is 4.03. The van der Waals surface area contributed by atoms with Crippen LogP contribution in [0.25, 0.3) is 0 Å². The van der Waals surface area contributed by atoms with Crippen molar-refractivity contribution in [1.29, 1.82) is 0 Å². The van der Waals surface area contributed by atoms with Crippen molar-refractivity contribution in [3.63, 3.8) is 0 Å². The second-order valence-corrected chi connectivity index (χ2v) is 5.64. The molecular weight excluding hydrogens is 211 g/mol. The van der Waals surface area contributed by atoms with Gasteiger partial charge in [0.1, 0.15) is 18.4 Å². The van der Waals surface area contributed by atoms with E-state index in [9.17, 15) is 0 Å². The minimum absolute atomic E-state index is 0.161. The van der Waals surface area contributed by atoms with E-state index in [0.717, 1.165) is 6.42 Å². The molecule has 2 fully saturated rings. The van der Waals surface area contributed by atoms with Crippen LogP contribution in [0.4, 0.5) is 0 Å². The Kier molecular flexibility index (Phi) is 2.87. The van der Waals surface area contributed by atoms with Gasteiger partial charge in [-0.05, 0) is 5.92 Å². The van der Waals surface area contributed by atoms with Crippen LogP contribution in [-0.4, -0.2) is 45.2 Å². The number of methoxy groups -OCH3 is 2. The Morgan fingerprint density at radius 3 is 2.73 bits per heavy atom. The zero-order chi connectivity index (χ0) is 11.3. The van der Waals surface area contributed by atoms with Crippen LogP contribution in [0.1, 0.15) is 13.3 Å². The fourth-order valence-electron chi connectivity index (χ4n) is 3.30. The van der Waals surface area contributed by atoms with E-state index in [-0.39, 0.29) is 16.5 Å². The van der Waals surface area contributed by atoms with Crippen molar-refractivity contribution in [2.45, 2.75) is 29.9 Å². The molecule has 0 aromatic heterocycles. The van der Waals surface area contributed by atoms with E-state index in [1.807, 2.05) is 0 Å². The van der Waals surface area contributed by atoms with Crippen LogP contribution in [-0.2, 0) is 14.2 Å². The molecule has 0 aromatic carbocycles. The van der Waals surface area contributed by atoms with E-state index in [0.29, 0.717) is 18.4 Å². The van der Waals surface area contributed by atoms with Crippen LogP contribution in [0.3, 0.4) is 0 Å². The van der Waals surface area contributed by atoms with Gasteiger partial charge in [-0.25, -0.2) is 0 Å². The maximum Gasteiger partial charge on any atom is 0.139 e. The first-order valence-electron chi connectivity index (χ1n) is 5.43. The lowest BCUT2D eigenvalue weighted by Crippen LogP contribution is -2.65. The van der Waals surface area contributed by atoms with Crippen LogP contribution in [0, 0.1) is 11.8 Å². The van der Waals surface area contributed by atoms with Crippen molar-refractivity contribution in [3.05, 3.63) is 0 Å². The van der Waals surface area contributed by atoms with E-state index in [4.69, 9.17) is 14.2 Å². The van der Waals surface area contributed by atoms with Crippen LogP contribution < -0.4 is 0 Å². The van der Waals surface area contributed by atoms with Crippen molar-refractivity contribution in [2.24, 2.45) is 11.8 Å². The Balaban J connectivity index is 2.22. The molecule has 0 amide bonds. The SMILES string of the molecule is B[C@@H]1O[C@@]2(COC)CC(S)(OC)C2C1C. The molecule has 1 aliphatic heterocycles. The highest BCUT2D eigenvalue weighted by Gasteiger charge is 2.69. The monoisotopic (exact) mass is 230 g/mol. The van der Waals surface area contributed by atoms with Gasteiger partial charge in [-0.1, -0.05) is 6.92 Å². The standard InChI is InChI=1S/C10H19BO3S/c1-6-7-9(5-12-2,14-8(6)11)4-10(7,15)13-3/h6-8,15H,4-5,11H2,1-3H3/t6?,7?,8-,9-,10?/m1/s1. The maximum atomic E-state index is 6.04. The number of ether oxygens (including phenoxy) is 3. The zero-order valence-electron chi connectivity index (χ0n) is 9.82. The van der Waals surface area contributed by atoms with Crippen molar-refractivity contribution in [1.82, 2.24) is 0 Å². The largest absolute Gasteiger partial charge is 0.382 e. The highest BCUT2D eigenvalue weighted by atomic mass is 32.1. The molecule has 0 N–H and O–H groups in total. The van der Waals surface area contributed by atoms with Crippen molar-refractivity contribution in [3.8, 4) is 0 Å². The van der Waals surface area contributed by atoms with E-state index in [2.05, 4.69) is 27.4 Å². The molecule has 5 atom stereocenters. The lowest BCUT2D eigenvalue weighted by molar-refractivity contribution is -0.209. The Hall–Kier alpha value is 0.295. The van der Waals surface area contributed by atoms with E-state index < -0.39 is 0 Å². The summed E-state index contributed by atoms with van der Waals surface area (Å²) in [4.78, 5) is -0.331. The second kappa shape index (κ2) is 3.65. The number of hydrogen-bond acceptors (Lipinski definition) is 4. The number of thiol groups is 1. The molecular formula is C10H19BO3S. The molecule has 3 nitrogen and oxygen atoms in total. The molecule has 0 aromatic rings. The molecule has 0 bridgehead atoms. The molecule has 1 heterocycles. The van der Waals surface area contributed by atoms with Gasteiger partial charge in [0, 0.05) is 32.6 Å². The molecule has 2 aliphatic rings. The smallest absolute Gasteiger partial charge is 0.139 e. The van der Waals surface area contributed by atoms with Gasteiger partial charge >= 0.3 is 0 Å². The maximum absolute atomic E-state index is 6.04. The summed E-state index contributed by atoms with van der Waals surface area (Å²) < 4.78 is 16.8. The van der Waals surface area contributed by atoms with E-state index >= 15 is 0 Å². The van der Waals surface area contributed by atoms with Gasteiger partial charge in [0.2, 0.25) is 0 Å². The van der Waals surface area contributed by atoms with Gasteiger partial charge in [-0.2, -0.15) is 0 Å². The molecule has 3 unspecified atom stereocenters. The number of rotatable bonds is 3. The summed E-state index contributed by atoms with van der Waals surface area (Å²) in [5, 5.41) is 0. The first-order valence-corrected chi connectivity index (χ1v) is 5.88. The molecule has 0 spiro atoms. The summed E-state index contributed by atoms with van der Waals surface area (Å²) in [6.45, 7) is 2.84. The van der Waals surface area contributed by atoms with Crippen molar-refractivity contribution >= 4 is 20.5 Å². The quantitative estimate of drug-likeness (QED) is 0.429. The lowest BCUT2D eigenvalue weighted by Gasteiger charge is -2.56. The van der Waals surface area contributed by atoms with E-state index in [1.165, 1.54) is 0 Å². The molecule has 1 aliphatic carbocycles. The fraction of sp³-hybridized carbons (Fsp3) is 1.00. The second-order valence-electron chi connectivity index (χ2n) is 4.88. The molecule has 2 rings (SSSR count). The van der Waals surface area contributed by atoms with Gasteiger partial charge in [0.25, 0.3) is 0 Å². The molecule has 15 heavy (non-hydrogen) atoms. The van der Waals surface area contributed by atoms with E-state index in [1.54, 1.807) is 14.2 Å². The Morgan fingerprint density at radius 2 is 2.20 bits per heavy atom. The van der Waals surface area contributed by atoms with Crippen LogP contribution in [0.2, 0.25) is 0 Å². The van der Waals surface area contributed by atoms with Gasteiger partial charge in [-0.3, -0.25) is 0 Å².